The molecule has 0 radical (unpaired) electrons. The molecular weight excluding hydrogens is 189 g/mol. The molecule has 4 heteroatoms. The van der Waals surface area contributed by atoms with Gasteiger partial charge in [0.05, 0.1) is 12.8 Å². The summed E-state index contributed by atoms with van der Waals surface area (Å²) in [4.78, 5) is 2.24. The van der Waals surface area contributed by atoms with E-state index in [9.17, 15) is 9.50 Å². The molecular formula is C9H18FNOS. The molecule has 0 aromatic carbocycles. The van der Waals surface area contributed by atoms with Crippen LogP contribution in [0, 0.1) is 5.92 Å². The van der Waals surface area contributed by atoms with Gasteiger partial charge in [-0.1, -0.05) is 6.92 Å². The number of β-amino-alcohol motifs (C(OH)–C–C–N with tert-alkyl or cyclic N) is 1. The molecule has 1 saturated heterocycles. The molecule has 1 aliphatic heterocycles. The van der Waals surface area contributed by atoms with Crippen LogP contribution < -0.4 is 0 Å². The van der Waals surface area contributed by atoms with Crippen molar-refractivity contribution in [2.24, 2.45) is 5.92 Å². The third-order valence-electron chi connectivity index (χ3n) is 2.48. The lowest BCUT2D eigenvalue weighted by Crippen LogP contribution is -2.21. The quantitative estimate of drug-likeness (QED) is 0.680. The summed E-state index contributed by atoms with van der Waals surface area (Å²) >= 11 is 1.61. The molecule has 78 valence electrons. The van der Waals surface area contributed by atoms with Crippen molar-refractivity contribution in [1.29, 1.82) is 0 Å². The summed E-state index contributed by atoms with van der Waals surface area (Å²) in [6.07, 6.45) is -0.202. The van der Waals surface area contributed by atoms with Gasteiger partial charge < -0.3 is 10.0 Å². The summed E-state index contributed by atoms with van der Waals surface area (Å²) in [7, 11) is 0. The third-order valence-corrected chi connectivity index (χ3v) is 3.59. The van der Waals surface area contributed by atoms with Crippen molar-refractivity contribution in [2.75, 3.05) is 37.8 Å². The minimum Gasteiger partial charge on any atom is -0.391 e. The lowest BCUT2D eigenvalue weighted by molar-refractivity contribution is 0.150. The van der Waals surface area contributed by atoms with E-state index in [1.807, 2.05) is 0 Å². The Balaban J connectivity index is 2.18. The molecule has 0 amide bonds. The van der Waals surface area contributed by atoms with E-state index in [1.54, 1.807) is 11.8 Å². The topological polar surface area (TPSA) is 23.5 Å². The molecule has 2 atom stereocenters. The predicted octanol–water partition coefficient (Wildman–Crippen LogP) is 1.00. The minimum absolute atomic E-state index is 0.202. The van der Waals surface area contributed by atoms with E-state index in [0.29, 0.717) is 11.7 Å². The highest BCUT2D eigenvalue weighted by Gasteiger charge is 2.29. The smallest absolute Gasteiger partial charge is 0.0984 e. The van der Waals surface area contributed by atoms with Gasteiger partial charge >= 0.3 is 0 Å². The Morgan fingerprint density at radius 2 is 2.31 bits per heavy atom. The largest absolute Gasteiger partial charge is 0.391 e. The first-order valence-corrected chi connectivity index (χ1v) is 5.97. The van der Waals surface area contributed by atoms with Crippen LogP contribution in [0.15, 0.2) is 0 Å². The van der Waals surface area contributed by atoms with Crippen molar-refractivity contribution in [1.82, 2.24) is 4.90 Å². The SMILES string of the molecule is CCN1C[C@@H](CSCCF)[C@H](O)C1. The van der Waals surface area contributed by atoms with Gasteiger partial charge in [0.1, 0.15) is 0 Å². The van der Waals surface area contributed by atoms with Crippen molar-refractivity contribution in [3.8, 4) is 0 Å². The zero-order valence-electron chi connectivity index (χ0n) is 8.08. The average molecular weight is 207 g/mol. The number of aliphatic hydroxyl groups is 1. The van der Waals surface area contributed by atoms with Gasteiger partial charge in [0, 0.05) is 24.8 Å². The fourth-order valence-corrected chi connectivity index (χ4v) is 2.56. The van der Waals surface area contributed by atoms with Gasteiger partial charge in [-0.15, -0.1) is 0 Å². The number of aliphatic hydroxyl groups excluding tert-OH is 1. The maximum atomic E-state index is 11.8. The van der Waals surface area contributed by atoms with Crippen LogP contribution in [-0.2, 0) is 0 Å². The lowest BCUT2D eigenvalue weighted by atomic mass is 10.1. The Morgan fingerprint density at radius 3 is 2.85 bits per heavy atom. The number of likely N-dealkylation sites (tertiary alicyclic amines) is 1. The van der Waals surface area contributed by atoms with Crippen LogP contribution >= 0.6 is 11.8 Å². The van der Waals surface area contributed by atoms with Crippen LogP contribution in [0.2, 0.25) is 0 Å². The van der Waals surface area contributed by atoms with Crippen LogP contribution in [0.1, 0.15) is 6.92 Å². The van der Waals surface area contributed by atoms with Crippen molar-refractivity contribution < 1.29 is 9.50 Å². The maximum Gasteiger partial charge on any atom is 0.0984 e. The molecule has 0 aromatic heterocycles. The van der Waals surface area contributed by atoms with E-state index in [0.717, 1.165) is 25.4 Å². The lowest BCUT2D eigenvalue weighted by Gasteiger charge is -2.12. The van der Waals surface area contributed by atoms with E-state index < -0.39 is 0 Å². The average Bonchev–Trinajstić information content (AvgIpc) is 2.48. The van der Waals surface area contributed by atoms with E-state index in [4.69, 9.17) is 0 Å². The highest BCUT2D eigenvalue weighted by molar-refractivity contribution is 7.99. The fourth-order valence-electron chi connectivity index (χ4n) is 1.65. The van der Waals surface area contributed by atoms with Crippen LogP contribution in [0.4, 0.5) is 4.39 Å². The molecule has 0 aliphatic carbocycles. The number of thioether (sulfide) groups is 1. The van der Waals surface area contributed by atoms with Gasteiger partial charge in [-0.2, -0.15) is 11.8 Å². The molecule has 1 fully saturated rings. The van der Waals surface area contributed by atoms with E-state index >= 15 is 0 Å². The molecule has 1 heterocycles. The summed E-state index contributed by atoms with van der Waals surface area (Å²) in [5.41, 5.74) is 0. The van der Waals surface area contributed by atoms with Crippen LogP contribution in [0.3, 0.4) is 0 Å². The van der Waals surface area contributed by atoms with Crippen LogP contribution in [0.25, 0.3) is 0 Å². The Labute approximate surface area is 83.5 Å². The van der Waals surface area contributed by atoms with Gasteiger partial charge in [0.25, 0.3) is 0 Å². The van der Waals surface area contributed by atoms with Crippen molar-refractivity contribution in [2.45, 2.75) is 13.0 Å². The molecule has 1 rings (SSSR count). The first-order chi connectivity index (χ1) is 6.27. The molecule has 0 bridgehead atoms. The molecule has 0 spiro atoms. The number of likely N-dealkylation sites (N-methyl/N-ethyl adjacent to an activating group) is 1. The molecule has 0 unspecified atom stereocenters. The van der Waals surface area contributed by atoms with Crippen LogP contribution in [-0.4, -0.2) is 53.9 Å². The standard InChI is InChI=1S/C9H18FNOS/c1-2-11-5-8(9(12)6-11)7-13-4-3-10/h8-9,12H,2-7H2,1H3/t8-,9+/m0/s1. The Hall–Kier alpha value is 0.200. The van der Waals surface area contributed by atoms with Gasteiger partial charge in [0.15, 0.2) is 0 Å². The first kappa shape index (κ1) is 11.3. The highest BCUT2D eigenvalue weighted by Crippen LogP contribution is 2.20. The number of nitrogens with zero attached hydrogens (tertiary/aromatic N) is 1. The van der Waals surface area contributed by atoms with Crippen molar-refractivity contribution >= 4 is 11.8 Å². The summed E-state index contributed by atoms with van der Waals surface area (Å²) < 4.78 is 11.8. The second-order valence-electron chi connectivity index (χ2n) is 3.44. The molecule has 0 saturated carbocycles. The molecule has 13 heavy (non-hydrogen) atoms. The number of hydrogen-bond donors (Lipinski definition) is 1. The van der Waals surface area contributed by atoms with Gasteiger partial charge in [-0.05, 0) is 12.3 Å². The Kier molecular flexibility index (Phi) is 5.06. The van der Waals surface area contributed by atoms with Crippen LogP contribution in [0.5, 0.6) is 0 Å². The summed E-state index contributed by atoms with van der Waals surface area (Å²) in [5, 5.41) is 9.64. The molecule has 2 nitrogen and oxygen atoms in total. The second kappa shape index (κ2) is 5.83. The molecule has 0 aromatic rings. The molecule has 1 aliphatic rings. The van der Waals surface area contributed by atoms with E-state index in [-0.39, 0.29) is 12.8 Å². The third kappa shape index (κ3) is 3.44. The second-order valence-corrected chi connectivity index (χ2v) is 4.59. The number of alkyl halides is 1. The zero-order chi connectivity index (χ0) is 9.68. The van der Waals surface area contributed by atoms with Crippen molar-refractivity contribution in [3.05, 3.63) is 0 Å². The zero-order valence-corrected chi connectivity index (χ0v) is 8.89. The Bertz CT molecular complexity index is 148. The number of halogens is 1. The van der Waals surface area contributed by atoms with E-state index in [2.05, 4.69) is 11.8 Å². The normalized spacial score (nSPS) is 29.8. The number of rotatable bonds is 5. The predicted molar refractivity (Wildman–Crippen MR) is 54.9 cm³/mol. The monoisotopic (exact) mass is 207 g/mol. The minimum atomic E-state index is -0.259. The Morgan fingerprint density at radius 1 is 1.54 bits per heavy atom. The van der Waals surface area contributed by atoms with Gasteiger partial charge in [-0.25, -0.2) is 0 Å². The first-order valence-electron chi connectivity index (χ1n) is 4.82. The van der Waals surface area contributed by atoms with Gasteiger partial charge in [-0.3, -0.25) is 4.39 Å². The molecule has 1 N–H and O–H groups in total. The summed E-state index contributed by atoms with van der Waals surface area (Å²) in [6, 6.07) is 0. The summed E-state index contributed by atoms with van der Waals surface area (Å²) in [5.74, 6) is 1.80. The maximum absolute atomic E-state index is 11.8. The highest BCUT2D eigenvalue weighted by atomic mass is 32.2. The fraction of sp³-hybridized carbons (Fsp3) is 1.00. The van der Waals surface area contributed by atoms with E-state index in [1.165, 1.54) is 0 Å². The van der Waals surface area contributed by atoms with Crippen molar-refractivity contribution in [3.63, 3.8) is 0 Å². The number of hydrogen-bond acceptors (Lipinski definition) is 3. The summed E-state index contributed by atoms with van der Waals surface area (Å²) in [6.45, 7) is 4.60. The van der Waals surface area contributed by atoms with Gasteiger partial charge in [0.2, 0.25) is 0 Å².